The lowest BCUT2D eigenvalue weighted by Gasteiger charge is -2.06. The highest BCUT2D eigenvalue weighted by Gasteiger charge is 2.33. The average molecular weight is 245 g/mol. The van der Waals surface area contributed by atoms with Gasteiger partial charge in [0, 0.05) is 16.1 Å². The molecular weight excluding hydrogens is 235 g/mol. The van der Waals surface area contributed by atoms with Crippen molar-refractivity contribution in [2.75, 3.05) is 7.05 Å². The van der Waals surface area contributed by atoms with Gasteiger partial charge < -0.3 is 5.32 Å². The Balaban J connectivity index is 2.59. The van der Waals surface area contributed by atoms with Gasteiger partial charge in [0.25, 0.3) is 0 Å². The second kappa shape index (κ2) is 4.07. The molecule has 0 radical (unpaired) electrons. The molecule has 0 unspecified atom stereocenters. The van der Waals surface area contributed by atoms with Crippen molar-refractivity contribution >= 4 is 21.4 Å². The van der Waals surface area contributed by atoms with Crippen LogP contribution in [0.25, 0.3) is 10.1 Å². The van der Waals surface area contributed by atoms with E-state index in [1.54, 1.807) is 19.2 Å². The fraction of sp³-hybridized carbons (Fsp3) is 0.273. The summed E-state index contributed by atoms with van der Waals surface area (Å²) in [6.45, 7) is 0.594. The summed E-state index contributed by atoms with van der Waals surface area (Å²) in [4.78, 5) is 0.911. The molecule has 2 aromatic rings. The third-order valence-corrected chi connectivity index (χ3v) is 3.44. The summed E-state index contributed by atoms with van der Waals surface area (Å²) in [6, 6.07) is 6.08. The van der Waals surface area contributed by atoms with E-state index in [9.17, 15) is 13.2 Å². The topological polar surface area (TPSA) is 12.0 Å². The van der Waals surface area contributed by atoms with Crippen LogP contribution in [0.4, 0.5) is 13.2 Å². The van der Waals surface area contributed by atoms with Gasteiger partial charge in [-0.15, -0.1) is 11.3 Å². The van der Waals surface area contributed by atoms with Gasteiger partial charge in [-0.25, -0.2) is 0 Å². The maximum Gasteiger partial charge on any atom is 0.417 e. The van der Waals surface area contributed by atoms with Gasteiger partial charge >= 0.3 is 6.18 Å². The van der Waals surface area contributed by atoms with Crippen LogP contribution in [0.2, 0.25) is 0 Å². The molecule has 0 saturated carbocycles. The molecule has 0 amide bonds. The minimum Gasteiger partial charge on any atom is -0.315 e. The van der Waals surface area contributed by atoms with Crippen LogP contribution in [0.5, 0.6) is 0 Å². The predicted molar refractivity (Wildman–Crippen MR) is 59.6 cm³/mol. The molecule has 5 heteroatoms. The number of halogens is 3. The van der Waals surface area contributed by atoms with E-state index >= 15 is 0 Å². The van der Waals surface area contributed by atoms with E-state index in [1.807, 2.05) is 0 Å². The van der Waals surface area contributed by atoms with E-state index in [1.165, 1.54) is 17.4 Å². The summed E-state index contributed by atoms with van der Waals surface area (Å²) in [6.07, 6.45) is -4.28. The summed E-state index contributed by atoms with van der Waals surface area (Å²) in [5.41, 5.74) is -0.544. The first-order valence-electron chi connectivity index (χ1n) is 4.75. The molecule has 16 heavy (non-hydrogen) atoms. The summed E-state index contributed by atoms with van der Waals surface area (Å²) < 4.78 is 38.4. The zero-order valence-electron chi connectivity index (χ0n) is 8.56. The van der Waals surface area contributed by atoms with E-state index in [0.29, 0.717) is 16.6 Å². The van der Waals surface area contributed by atoms with Gasteiger partial charge in [0.1, 0.15) is 0 Å². The summed E-state index contributed by atoms with van der Waals surface area (Å²) in [5, 5.41) is 3.59. The summed E-state index contributed by atoms with van der Waals surface area (Å²) >= 11 is 1.19. The van der Waals surface area contributed by atoms with Crippen molar-refractivity contribution in [2.24, 2.45) is 0 Å². The first-order chi connectivity index (χ1) is 7.52. The van der Waals surface area contributed by atoms with Gasteiger partial charge in [0.05, 0.1) is 5.56 Å². The molecule has 1 aromatic carbocycles. The van der Waals surface area contributed by atoms with Crippen molar-refractivity contribution in [3.63, 3.8) is 0 Å². The molecule has 2 rings (SSSR count). The van der Waals surface area contributed by atoms with E-state index < -0.39 is 11.7 Å². The Labute approximate surface area is 94.9 Å². The molecule has 0 aliphatic rings. The number of hydrogen-bond donors (Lipinski definition) is 1. The predicted octanol–water partition coefficient (Wildman–Crippen LogP) is 3.64. The van der Waals surface area contributed by atoms with E-state index in [0.717, 1.165) is 10.9 Å². The van der Waals surface area contributed by atoms with Gasteiger partial charge in [-0.3, -0.25) is 0 Å². The van der Waals surface area contributed by atoms with Crippen LogP contribution in [-0.4, -0.2) is 7.05 Å². The van der Waals surface area contributed by atoms with Gasteiger partial charge in [-0.2, -0.15) is 13.2 Å². The average Bonchev–Trinajstić information content (AvgIpc) is 2.58. The van der Waals surface area contributed by atoms with Crippen LogP contribution in [0, 0.1) is 0 Å². The van der Waals surface area contributed by atoms with Crippen molar-refractivity contribution in [1.29, 1.82) is 0 Å². The summed E-state index contributed by atoms with van der Waals surface area (Å²) in [7, 11) is 1.77. The minimum atomic E-state index is -4.28. The lowest BCUT2D eigenvalue weighted by Crippen LogP contribution is -2.04. The highest BCUT2D eigenvalue weighted by atomic mass is 32.1. The molecule has 0 atom stereocenters. The number of fused-ring (bicyclic) bond motifs is 1. The molecule has 0 saturated heterocycles. The number of benzene rings is 1. The minimum absolute atomic E-state index is 0.320. The lowest BCUT2D eigenvalue weighted by atomic mass is 10.1. The SMILES string of the molecule is CNCc1cc2cccc(C(F)(F)F)c2s1. The largest absolute Gasteiger partial charge is 0.417 e. The van der Waals surface area contributed by atoms with E-state index in [-0.39, 0.29) is 0 Å². The Morgan fingerprint density at radius 2 is 2.06 bits per heavy atom. The fourth-order valence-corrected chi connectivity index (χ4v) is 2.80. The van der Waals surface area contributed by atoms with Crippen LogP contribution >= 0.6 is 11.3 Å². The van der Waals surface area contributed by atoms with Crippen LogP contribution in [-0.2, 0) is 12.7 Å². The molecule has 1 nitrogen and oxygen atoms in total. The molecule has 0 fully saturated rings. The standard InChI is InChI=1S/C11H10F3NS/c1-15-6-8-5-7-3-2-4-9(10(7)16-8)11(12,13)14/h2-5,15H,6H2,1H3. The summed E-state index contributed by atoms with van der Waals surface area (Å²) in [5.74, 6) is 0. The van der Waals surface area contributed by atoms with Crippen LogP contribution in [0.1, 0.15) is 10.4 Å². The van der Waals surface area contributed by atoms with Crippen molar-refractivity contribution < 1.29 is 13.2 Å². The number of alkyl halides is 3. The first-order valence-corrected chi connectivity index (χ1v) is 5.57. The smallest absolute Gasteiger partial charge is 0.315 e. The molecular formula is C11H10F3NS. The number of nitrogens with one attached hydrogen (secondary N) is 1. The highest BCUT2D eigenvalue weighted by Crippen LogP contribution is 2.38. The van der Waals surface area contributed by atoms with Crippen molar-refractivity contribution in [3.05, 3.63) is 34.7 Å². The molecule has 0 spiro atoms. The Morgan fingerprint density at radius 1 is 1.31 bits per heavy atom. The fourth-order valence-electron chi connectivity index (χ4n) is 1.60. The maximum absolute atomic E-state index is 12.7. The molecule has 0 aliphatic carbocycles. The second-order valence-corrected chi connectivity index (χ2v) is 4.60. The van der Waals surface area contributed by atoms with Gasteiger partial charge in [-0.1, -0.05) is 12.1 Å². The normalized spacial score (nSPS) is 12.2. The quantitative estimate of drug-likeness (QED) is 0.851. The van der Waals surface area contributed by atoms with Crippen molar-refractivity contribution in [3.8, 4) is 0 Å². The number of rotatable bonds is 2. The Hall–Kier alpha value is -1.07. The van der Waals surface area contributed by atoms with E-state index in [2.05, 4.69) is 5.32 Å². The number of thiophene rings is 1. The monoisotopic (exact) mass is 245 g/mol. The van der Waals surface area contributed by atoms with E-state index in [4.69, 9.17) is 0 Å². The molecule has 1 aromatic heterocycles. The van der Waals surface area contributed by atoms with Crippen molar-refractivity contribution in [2.45, 2.75) is 12.7 Å². The maximum atomic E-state index is 12.7. The lowest BCUT2D eigenvalue weighted by molar-refractivity contribution is -0.136. The van der Waals surface area contributed by atoms with Crippen LogP contribution < -0.4 is 5.32 Å². The van der Waals surface area contributed by atoms with Gasteiger partial charge in [-0.05, 0) is 24.6 Å². The highest BCUT2D eigenvalue weighted by molar-refractivity contribution is 7.19. The van der Waals surface area contributed by atoms with Crippen LogP contribution in [0.3, 0.4) is 0 Å². The number of hydrogen-bond acceptors (Lipinski definition) is 2. The zero-order valence-corrected chi connectivity index (χ0v) is 9.38. The third kappa shape index (κ3) is 2.05. The Morgan fingerprint density at radius 3 is 2.69 bits per heavy atom. The van der Waals surface area contributed by atoms with Gasteiger partial charge in [0.2, 0.25) is 0 Å². The van der Waals surface area contributed by atoms with Crippen molar-refractivity contribution in [1.82, 2.24) is 5.32 Å². The first kappa shape index (κ1) is 11.4. The second-order valence-electron chi connectivity index (χ2n) is 3.46. The molecule has 1 N–H and O–H groups in total. The van der Waals surface area contributed by atoms with Crippen LogP contribution in [0.15, 0.2) is 24.3 Å². The molecule has 0 bridgehead atoms. The Bertz CT molecular complexity index is 501. The molecule has 0 aliphatic heterocycles. The Kier molecular flexibility index (Phi) is 2.90. The van der Waals surface area contributed by atoms with Gasteiger partial charge in [0.15, 0.2) is 0 Å². The third-order valence-electron chi connectivity index (χ3n) is 2.25. The molecule has 86 valence electrons. The molecule has 1 heterocycles. The zero-order chi connectivity index (χ0) is 11.8.